The molecule has 2 aliphatic heterocycles. The van der Waals surface area contributed by atoms with Crippen LogP contribution in [-0.4, -0.2) is 29.0 Å². The lowest BCUT2D eigenvalue weighted by molar-refractivity contribution is 0.0890. The molecule has 0 spiro atoms. The molecule has 0 saturated carbocycles. The van der Waals surface area contributed by atoms with Crippen LogP contribution in [0.2, 0.25) is 0 Å². The lowest BCUT2D eigenvalue weighted by atomic mass is 9.95. The topological polar surface area (TPSA) is 76.4 Å². The number of oxazole rings is 1. The van der Waals surface area contributed by atoms with Gasteiger partial charge in [-0.05, 0) is 31.4 Å². The van der Waals surface area contributed by atoms with E-state index in [0.29, 0.717) is 12.1 Å². The Kier molecular flexibility index (Phi) is 3.68. The van der Waals surface area contributed by atoms with E-state index in [0.717, 1.165) is 31.4 Å². The van der Waals surface area contributed by atoms with Crippen LogP contribution in [0, 0.1) is 11.6 Å². The van der Waals surface area contributed by atoms with Crippen molar-refractivity contribution in [2.45, 2.75) is 37.4 Å². The van der Waals surface area contributed by atoms with Crippen molar-refractivity contribution in [1.29, 1.82) is 0 Å². The van der Waals surface area contributed by atoms with Gasteiger partial charge >= 0.3 is 11.9 Å². The number of fused-ring (bicyclic) bond motifs is 2. The summed E-state index contributed by atoms with van der Waals surface area (Å²) in [5.74, 6) is -2.58. The molecule has 2 aliphatic rings. The van der Waals surface area contributed by atoms with Crippen LogP contribution in [0.1, 0.15) is 29.9 Å². The number of halogens is 2. The zero-order chi connectivity index (χ0) is 16.7. The second-order valence-corrected chi connectivity index (χ2v) is 6.03. The quantitative estimate of drug-likeness (QED) is 0.897. The second kappa shape index (κ2) is 5.86. The summed E-state index contributed by atoms with van der Waals surface area (Å²) in [6, 6.07) is 3.92. The van der Waals surface area contributed by atoms with Crippen LogP contribution in [0.25, 0.3) is 0 Å². The summed E-state index contributed by atoms with van der Waals surface area (Å²) in [6.45, 7) is 0. The Morgan fingerprint density at radius 1 is 1.33 bits per heavy atom. The normalized spacial score (nSPS) is 25.0. The fraction of sp³-hybridized carbons (Fsp3) is 0.375. The molecular formula is C16H15F2N3O3. The van der Waals surface area contributed by atoms with Crippen molar-refractivity contribution >= 4 is 5.91 Å². The van der Waals surface area contributed by atoms with E-state index in [4.69, 9.17) is 9.15 Å². The molecule has 1 amide bonds. The Morgan fingerprint density at radius 3 is 2.92 bits per heavy atom. The Morgan fingerprint density at radius 2 is 2.21 bits per heavy atom. The fourth-order valence-corrected chi connectivity index (χ4v) is 3.28. The molecule has 1 aromatic heterocycles. The lowest BCUT2D eigenvalue weighted by Crippen LogP contribution is -2.43. The number of aromatic nitrogens is 1. The van der Waals surface area contributed by atoms with Gasteiger partial charge in [-0.2, -0.15) is 0 Å². The molecule has 6 nitrogen and oxygen atoms in total. The highest BCUT2D eigenvalue weighted by Crippen LogP contribution is 2.29. The number of rotatable bonds is 4. The molecule has 2 N–H and O–H groups in total. The first kappa shape index (κ1) is 15.1. The molecule has 3 heterocycles. The van der Waals surface area contributed by atoms with Gasteiger partial charge < -0.3 is 19.8 Å². The van der Waals surface area contributed by atoms with Crippen LogP contribution in [0.4, 0.5) is 8.78 Å². The van der Waals surface area contributed by atoms with Gasteiger partial charge in [0.15, 0.2) is 11.6 Å². The van der Waals surface area contributed by atoms with E-state index in [9.17, 15) is 13.6 Å². The van der Waals surface area contributed by atoms with Crippen molar-refractivity contribution in [2.24, 2.45) is 0 Å². The molecule has 0 aliphatic carbocycles. The van der Waals surface area contributed by atoms with Crippen LogP contribution in [0.15, 0.2) is 28.8 Å². The molecule has 2 aromatic rings. The third-order valence-electron chi connectivity index (χ3n) is 4.40. The van der Waals surface area contributed by atoms with Gasteiger partial charge in [0.05, 0.1) is 0 Å². The Labute approximate surface area is 136 Å². The summed E-state index contributed by atoms with van der Waals surface area (Å²) in [5, 5.41) is 6.32. The molecule has 24 heavy (non-hydrogen) atoms. The van der Waals surface area contributed by atoms with Crippen LogP contribution in [0.3, 0.4) is 0 Å². The summed E-state index contributed by atoms with van der Waals surface area (Å²) in [4.78, 5) is 16.0. The van der Waals surface area contributed by atoms with E-state index in [-0.39, 0.29) is 23.6 Å². The number of benzene rings is 1. The molecule has 3 unspecified atom stereocenters. The van der Waals surface area contributed by atoms with E-state index < -0.39 is 17.5 Å². The van der Waals surface area contributed by atoms with Crippen molar-refractivity contribution in [3.05, 3.63) is 41.9 Å². The summed E-state index contributed by atoms with van der Waals surface area (Å²) < 4.78 is 36.5. The minimum absolute atomic E-state index is 0.0503. The predicted octanol–water partition coefficient (Wildman–Crippen LogP) is 2.37. The first-order chi connectivity index (χ1) is 11.6. The standard InChI is InChI=1S/C16H15F2N3O3/c17-10-3-2-9(6-11(10)18)23-14-7-19-16(24-14)15(22)21-13-5-8-1-4-12(13)20-8/h2-3,6-8,12-13,20H,1,4-5H2,(H,21,22). The number of nitrogens with zero attached hydrogens (tertiary/aromatic N) is 1. The molecule has 2 bridgehead atoms. The third-order valence-corrected chi connectivity index (χ3v) is 4.40. The van der Waals surface area contributed by atoms with Gasteiger partial charge in [-0.1, -0.05) is 0 Å². The molecule has 126 valence electrons. The number of amides is 1. The largest absolute Gasteiger partial charge is 0.425 e. The zero-order valence-electron chi connectivity index (χ0n) is 12.6. The Hall–Kier alpha value is -2.48. The number of carbonyl (C=O) groups is 1. The minimum Gasteiger partial charge on any atom is -0.425 e. The second-order valence-electron chi connectivity index (χ2n) is 6.03. The lowest BCUT2D eigenvalue weighted by Gasteiger charge is -2.20. The fourth-order valence-electron chi connectivity index (χ4n) is 3.28. The first-order valence-corrected chi connectivity index (χ1v) is 7.74. The van der Waals surface area contributed by atoms with Gasteiger partial charge in [0.2, 0.25) is 0 Å². The molecule has 0 radical (unpaired) electrons. The van der Waals surface area contributed by atoms with Crippen LogP contribution >= 0.6 is 0 Å². The zero-order valence-corrected chi connectivity index (χ0v) is 12.6. The molecule has 2 fully saturated rings. The maximum absolute atomic E-state index is 13.1. The summed E-state index contributed by atoms with van der Waals surface area (Å²) in [5.41, 5.74) is 0. The molecular weight excluding hydrogens is 320 g/mol. The molecule has 1 aromatic carbocycles. The van der Waals surface area contributed by atoms with E-state index in [1.54, 1.807) is 0 Å². The van der Waals surface area contributed by atoms with Gasteiger partial charge in [-0.25, -0.2) is 13.8 Å². The Balaban J connectivity index is 1.40. The minimum atomic E-state index is -1.03. The van der Waals surface area contributed by atoms with Crippen molar-refractivity contribution in [2.75, 3.05) is 0 Å². The van der Waals surface area contributed by atoms with E-state index >= 15 is 0 Å². The number of hydrogen-bond acceptors (Lipinski definition) is 5. The maximum atomic E-state index is 13.1. The first-order valence-electron chi connectivity index (χ1n) is 7.74. The highest BCUT2D eigenvalue weighted by Gasteiger charge is 2.40. The summed E-state index contributed by atoms with van der Waals surface area (Å²) in [6.07, 6.45) is 4.30. The van der Waals surface area contributed by atoms with Crippen LogP contribution < -0.4 is 15.4 Å². The Bertz CT molecular complexity index is 780. The molecule has 2 saturated heterocycles. The van der Waals surface area contributed by atoms with Gasteiger partial charge in [-0.15, -0.1) is 0 Å². The molecule has 3 atom stereocenters. The number of ether oxygens (including phenoxy) is 1. The average Bonchev–Trinajstić information content (AvgIpc) is 3.27. The van der Waals surface area contributed by atoms with E-state index in [1.165, 1.54) is 12.3 Å². The number of carbonyl (C=O) groups excluding carboxylic acids is 1. The highest BCUT2D eigenvalue weighted by atomic mass is 19.2. The average molecular weight is 335 g/mol. The van der Waals surface area contributed by atoms with Crippen molar-refractivity contribution in [3.63, 3.8) is 0 Å². The predicted molar refractivity (Wildman–Crippen MR) is 78.8 cm³/mol. The van der Waals surface area contributed by atoms with E-state index in [1.807, 2.05) is 0 Å². The molecule has 8 heteroatoms. The summed E-state index contributed by atoms with van der Waals surface area (Å²) in [7, 11) is 0. The number of hydrogen-bond donors (Lipinski definition) is 2. The molecule has 4 rings (SSSR count). The van der Waals surface area contributed by atoms with Crippen LogP contribution in [0.5, 0.6) is 11.7 Å². The van der Waals surface area contributed by atoms with E-state index in [2.05, 4.69) is 15.6 Å². The van der Waals surface area contributed by atoms with Gasteiger partial charge in [0.25, 0.3) is 5.89 Å². The van der Waals surface area contributed by atoms with Crippen molar-refractivity contribution in [1.82, 2.24) is 15.6 Å². The third kappa shape index (κ3) is 2.84. The smallest absolute Gasteiger partial charge is 0.311 e. The van der Waals surface area contributed by atoms with Gasteiger partial charge in [0.1, 0.15) is 11.9 Å². The number of nitrogens with one attached hydrogen (secondary N) is 2. The monoisotopic (exact) mass is 335 g/mol. The van der Waals surface area contributed by atoms with Crippen molar-refractivity contribution in [3.8, 4) is 11.7 Å². The highest BCUT2D eigenvalue weighted by molar-refractivity contribution is 5.90. The van der Waals surface area contributed by atoms with Crippen molar-refractivity contribution < 1.29 is 22.7 Å². The van der Waals surface area contributed by atoms with Crippen LogP contribution in [-0.2, 0) is 0 Å². The summed E-state index contributed by atoms with van der Waals surface area (Å²) >= 11 is 0. The maximum Gasteiger partial charge on any atom is 0.311 e. The SMILES string of the molecule is O=C(NC1CC2CCC1N2)c1ncc(Oc2ccc(F)c(F)c2)o1. The van der Waals surface area contributed by atoms with Gasteiger partial charge in [0, 0.05) is 24.2 Å². The van der Waals surface area contributed by atoms with Gasteiger partial charge in [-0.3, -0.25) is 4.79 Å².